The molecule has 1 amide bonds. The summed E-state index contributed by atoms with van der Waals surface area (Å²) in [6, 6.07) is 5.95. The molecular weight excluding hydrogens is 329 g/mol. The molecule has 0 aromatic heterocycles. The van der Waals surface area contributed by atoms with Gasteiger partial charge in [-0.25, -0.2) is 12.8 Å². The van der Waals surface area contributed by atoms with Crippen molar-refractivity contribution in [3.8, 4) is 5.75 Å². The number of halogens is 1. The molecule has 1 aliphatic heterocycles. The van der Waals surface area contributed by atoms with E-state index in [9.17, 15) is 17.6 Å². The van der Waals surface area contributed by atoms with Crippen LogP contribution in [0, 0.1) is 5.82 Å². The number of hydrogen-bond acceptors (Lipinski definition) is 5. The summed E-state index contributed by atoms with van der Waals surface area (Å²) in [7, 11) is -3.32. The molecule has 1 saturated heterocycles. The zero-order valence-corrected chi connectivity index (χ0v) is 13.8. The van der Waals surface area contributed by atoms with E-state index in [4.69, 9.17) is 4.74 Å². The normalized spacial score (nSPS) is 19.0. The molecule has 1 atom stereocenters. The maximum Gasteiger partial charge on any atom is 0.227 e. The molecule has 1 aromatic carbocycles. The number of thioether (sulfide) groups is 1. The number of rotatable bonds is 5. The summed E-state index contributed by atoms with van der Waals surface area (Å²) in [6.45, 7) is 0.417. The van der Waals surface area contributed by atoms with Gasteiger partial charge >= 0.3 is 0 Å². The van der Waals surface area contributed by atoms with Gasteiger partial charge in [0.15, 0.2) is 21.4 Å². The van der Waals surface area contributed by atoms with E-state index in [1.807, 2.05) is 0 Å². The quantitative estimate of drug-likeness (QED) is 0.808. The first-order valence-electron chi connectivity index (χ1n) is 6.83. The van der Waals surface area contributed by atoms with Crippen LogP contribution in [-0.4, -0.2) is 55.5 Å². The van der Waals surface area contributed by atoms with Crippen LogP contribution >= 0.6 is 11.8 Å². The Balaban J connectivity index is 1.92. The largest absolute Gasteiger partial charge is 0.490 e. The lowest BCUT2D eigenvalue weighted by atomic mass is 10.3. The molecule has 0 unspecified atom stereocenters. The minimum Gasteiger partial charge on any atom is -0.490 e. The van der Waals surface area contributed by atoms with Gasteiger partial charge in [-0.2, -0.15) is 11.8 Å². The van der Waals surface area contributed by atoms with E-state index in [2.05, 4.69) is 0 Å². The van der Waals surface area contributed by atoms with Gasteiger partial charge in [-0.15, -0.1) is 0 Å². The molecule has 5 nitrogen and oxygen atoms in total. The van der Waals surface area contributed by atoms with E-state index in [0.717, 1.165) is 6.26 Å². The van der Waals surface area contributed by atoms with Gasteiger partial charge in [0.2, 0.25) is 5.91 Å². The predicted octanol–water partition coefficient (Wildman–Crippen LogP) is 1.54. The van der Waals surface area contributed by atoms with Crippen molar-refractivity contribution < 1.29 is 22.3 Å². The molecule has 1 aromatic rings. The number of hydrogen-bond donors (Lipinski definition) is 0. The predicted molar refractivity (Wildman–Crippen MR) is 84.2 cm³/mol. The number of para-hydroxylation sites is 1. The maximum atomic E-state index is 13.4. The van der Waals surface area contributed by atoms with Gasteiger partial charge < -0.3 is 9.64 Å². The van der Waals surface area contributed by atoms with Gasteiger partial charge in [0.25, 0.3) is 0 Å². The summed E-state index contributed by atoms with van der Waals surface area (Å²) >= 11 is 1.52. The van der Waals surface area contributed by atoms with Crippen LogP contribution in [0.25, 0.3) is 0 Å². The maximum absolute atomic E-state index is 13.4. The van der Waals surface area contributed by atoms with Gasteiger partial charge in [-0.1, -0.05) is 12.1 Å². The monoisotopic (exact) mass is 347 g/mol. The number of carbonyl (C=O) groups is 1. The second-order valence-corrected chi connectivity index (χ2v) is 8.33. The van der Waals surface area contributed by atoms with E-state index in [-0.39, 0.29) is 24.7 Å². The van der Waals surface area contributed by atoms with E-state index in [0.29, 0.717) is 18.1 Å². The van der Waals surface area contributed by atoms with Gasteiger partial charge in [0.1, 0.15) is 5.37 Å². The SMILES string of the molecule is CS(=O)(=O)[C@@H]1CSCCN1C(=O)CCOc1ccccc1F. The van der Waals surface area contributed by atoms with Crippen molar-refractivity contribution in [2.45, 2.75) is 11.8 Å². The minimum absolute atomic E-state index is 0.0138. The first-order chi connectivity index (χ1) is 10.4. The molecule has 0 N–H and O–H groups in total. The van der Waals surface area contributed by atoms with Gasteiger partial charge in [-0.3, -0.25) is 4.79 Å². The van der Waals surface area contributed by atoms with Crippen LogP contribution in [0.3, 0.4) is 0 Å². The molecule has 0 bridgehead atoms. The van der Waals surface area contributed by atoms with Crippen molar-refractivity contribution in [3.05, 3.63) is 30.1 Å². The highest BCUT2D eigenvalue weighted by molar-refractivity contribution is 8.00. The number of nitrogens with zero attached hydrogens (tertiary/aromatic N) is 1. The summed E-state index contributed by atoms with van der Waals surface area (Å²) < 4.78 is 42.1. The van der Waals surface area contributed by atoms with Gasteiger partial charge in [-0.05, 0) is 12.1 Å². The molecule has 1 fully saturated rings. The zero-order valence-electron chi connectivity index (χ0n) is 12.2. The number of amides is 1. The molecule has 0 spiro atoms. The molecule has 22 heavy (non-hydrogen) atoms. The van der Waals surface area contributed by atoms with E-state index in [1.54, 1.807) is 12.1 Å². The Morgan fingerprint density at radius 1 is 1.45 bits per heavy atom. The Morgan fingerprint density at radius 3 is 2.86 bits per heavy atom. The molecule has 0 saturated carbocycles. The fraction of sp³-hybridized carbons (Fsp3) is 0.500. The summed E-state index contributed by atoms with van der Waals surface area (Å²) in [4.78, 5) is 13.6. The van der Waals surface area contributed by atoms with Crippen molar-refractivity contribution in [3.63, 3.8) is 0 Å². The lowest BCUT2D eigenvalue weighted by Gasteiger charge is -2.34. The van der Waals surface area contributed by atoms with Crippen molar-refractivity contribution >= 4 is 27.5 Å². The Labute approximate surface area is 133 Å². The molecule has 2 rings (SSSR count). The highest BCUT2D eigenvalue weighted by atomic mass is 32.2. The number of ether oxygens (including phenoxy) is 1. The highest BCUT2D eigenvalue weighted by Crippen LogP contribution is 2.21. The van der Waals surface area contributed by atoms with Gasteiger partial charge in [0, 0.05) is 24.3 Å². The fourth-order valence-electron chi connectivity index (χ4n) is 2.17. The van der Waals surface area contributed by atoms with Crippen LogP contribution in [0.4, 0.5) is 4.39 Å². The van der Waals surface area contributed by atoms with E-state index < -0.39 is 21.0 Å². The van der Waals surface area contributed by atoms with E-state index in [1.165, 1.54) is 28.8 Å². The minimum atomic E-state index is -3.32. The Kier molecular flexibility index (Phi) is 5.69. The number of carbonyl (C=O) groups excluding carboxylic acids is 1. The van der Waals surface area contributed by atoms with Crippen molar-refractivity contribution in [2.75, 3.05) is 30.9 Å². The second-order valence-electron chi connectivity index (χ2n) is 4.98. The molecule has 1 aliphatic rings. The lowest BCUT2D eigenvalue weighted by molar-refractivity contribution is -0.132. The van der Waals surface area contributed by atoms with Crippen molar-refractivity contribution in [2.24, 2.45) is 0 Å². The van der Waals surface area contributed by atoms with Crippen LogP contribution in [0.5, 0.6) is 5.75 Å². The molecule has 8 heteroatoms. The Bertz CT molecular complexity index is 635. The topological polar surface area (TPSA) is 63.7 Å². The number of sulfone groups is 1. The van der Waals surface area contributed by atoms with E-state index >= 15 is 0 Å². The molecule has 0 aliphatic carbocycles. The smallest absolute Gasteiger partial charge is 0.227 e. The molecule has 122 valence electrons. The average Bonchev–Trinajstić information content (AvgIpc) is 2.48. The Morgan fingerprint density at radius 2 is 2.18 bits per heavy atom. The highest BCUT2D eigenvalue weighted by Gasteiger charge is 2.33. The second kappa shape index (κ2) is 7.32. The summed E-state index contributed by atoms with van der Waals surface area (Å²) in [5.74, 6) is 0.416. The standard InChI is InChI=1S/C14H18FNO4S2/c1-22(18,19)14-10-21-9-7-16(14)13(17)6-8-20-12-5-3-2-4-11(12)15/h2-5,14H,6-10H2,1H3/t14-/m1/s1. The van der Waals surface area contributed by atoms with Crippen LogP contribution in [-0.2, 0) is 14.6 Å². The zero-order chi connectivity index (χ0) is 16.2. The Hall–Kier alpha value is -1.28. The number of benzene rings is 1. The third kappa shape index (κ3) is 4.36. The third-order valence-corrected chi connectivity index (χ3v) is 5.95. The lowest BCUT2D eigenvalue weighted by Crippen LogP contribution is -2.50. The molecule has 1 heterocycles. The van der Waals surface area contributed by atoms with Gasteiger partial charge in [0.05, 0.1) is 13.0 Å². The average molecular weight is 347 g/mol. The molecular formula is C14H18FNO4S2. The van der Waals surface area contributed by atoms with Crippen LogP contribution < -0.4 is 4.74 Å². The third-order valence-electron chi connectivity index (χ3n) is 3.31. The molecule has 0 radical (unpaired) electrons. The summed E-state index contributed by atoms with van der Waals surface area (Å²) in [5, 5.41) is -0.785. The van der Waals surface area contributed by atoms with Crippen molar-refractivity contribution in [1.82, 2.24) is 4.90 Å². The first-order valence-corrected chi connectivity index (χ1v) is 9.94. The van der Waals surface area contributed by atoms with Crippen LogP contribution in [0.15, 0.2) is 24.3 Å². The van der Waals surface area contributed by atoms with Crippen molar-refractivity contribution in [1.29, 1.82) is 0 Å². The van der Waals surface area contributed by atoms with Crippen LogP contribution in [0.2, 0.25) is 0 Å². The fourth-order valence-corrected chi connectivity index (χ4v) is 5.01. The summed E-state index contributed by atoms with van der Waals surface area (Å²) in [6.07, 6.45) is 1.16. The van der Waals surface area contributed by atoms with Crippen LogP contribution in [0.1, 0.15) is 6.42 Å². The summed E-state index contributed by atoms with van der Waals surface area (Å²) in [5.41, 5.74) is 0. The first kappa shape index (κ1) is 17.1.